The fraction of sp³-hybridized carbons (Fsp3) is 0.500. The van der Waals surface area contributed by atoms with E-state index in [1.807, 2.05) is 0 Å². The molecule has 20 heavy (non-hydrogen) atoms. The first-order chi connectivity index (χ1) is 8.93. The van der Waals surface area contributed by atoms with Gasteiger partial charge in [0.15, 0.2) is 0 Å². The zero-order valence-electron chi connectivity index (χ0n) is 11.0. The Morgan fingerprint density at radius 1 is 1.35 bits per heavy atom. The summed E-state index contributed by atoms with van der Waals surface area (Å²) in [5.41, 5.74) is 0. The summed E-state index contributed by atoms with van der Waals surface area (Å²) in [6.07, 6.45) is 1.58. The first kappa shape index (κ1) is 17.8. The molecule has 1 heterocycles. The van der Waals surface area contributed by atoms with Crippen LogP contribution in [0.3, 0.4) is 0 Å². The molecule has 0 atom stereocenters. The Kier molecular flexibility index (Phi) is 6.40. The summed E-state index contributed by atoms with van der Waals surface area (Å²) in [6.45, 7) is 1.63. The lowest BCUT2D eigenvalue weighted by molar-refractivity contribution is 0.296. The summed E-state index contributed by atoms with van der Waals surface area (Å²) < 4.78 is 39.6. The number of piperidine rings is 1. The van der Waals surface area contributed by atoms with Gasteiger partial charge in [-0.05, 0) is 60.1 Å². The van der Waals surface area contributed by atoms with Crippen LogP contribution in [-0.2, 0) is 10.0 Å². The highest BCUT2D eigenvalue weighted by Gasteiger charge is 2.29. The SMILES string of the molecule is CN(C1CCNCC1)S(=O)(=O)c1ccc(F)c(Br)c1.Cl. The van der Waals surface area contributed by atoms with Gasteiger partial charge in [0.05, 0.1) is 9.37 Å². The molecule has 0 amide bonds. The molecule has 1 aromatic carbocycles. The van der Waals surface area contributed by atoms with E-state index >= 15 is 0 Å². The molecule has 0 radical (unpaired) electrons. The van der Waals surface area contributed by atoms with Crippen LogP contribution in [-0.4, -0.2) is 38.9 Å². The lowest BCUT2D eigenvalue weighted by Gasteiger charge is -2.30. The topological polar surface area (TPSA) is 49.4 Å². The van der Waals surface area contributed by atoms with E-state index in [-0.39, 0.29) is 27.8 Å². The van der Waals surface area contributed by atoms with Crippen molar-refractivity contribution in [3.63, 3.8) is 0 Å². The third-order valence-corrected chi connectivity index (χ3v) is 5.90. The quantitative estimate of drug-likeness (QED) is 0.866. The maximum absolute atomic E-state index is 13.2. The van der Waals surface area contributed by atoms with E-state index in [2.05, 4.69) is 21.2 Å². The molecular weight excluding hydrogens is 371 g/mol. The molecule has 1 saturated heterocycles. The lowest BCUT2D eigenvalue weighted by atomic mass is 10.1. The van der Waals surface area contributed by atoms with Gasteiger partial charge < -0.3 is 5.32 Å². The third kappa shape index (κ3) is 3.71. The molecule has 0 aromatic heterocycles. The molecule has 114 valence electrons. The monoisotopic (exact) mass is 386 g/mol. The molecule has 0 unspecified atom stereocenters. The lowest BCUT2D eigenvalue weighted by Crippen LogP contribution is -2.43. The van der Waals surface area contributed by atoms with Crippen LogP contribution in [0.2, 0.25) is 0 Å². The second-order valence-electron chi connectivity index (χ2n) is 4.58. The predicted molar refractivity (Wildman–Crippen MR) is 82.2 cm³/mol. The van der Waals surface area contributed by atoms with Gasteiger partial charge in [0.25, 0.3) is 0 Å². The van der Waals surface area contributed by atoms with Crippen molar-refractivity contribution in [3.05, 3.63) is 28.5 Å². The number of nitrogens with zero attached hydrogens (tertiary/aromatic N) is 1. The number of benzene rings is 1. The number of rotatable bonds is 3. The average molecular weight is 388 g/mol. The molecule has 0 bridgehead atoms. The van der Waals surface area contributed by atoms with Gasteiger partial charge in [-0.25, -0.2) is 12.8 Å². The van der Waals surface area contributed by atoms with Gasteiger partial charge in [-0.15, -0.1) is 12.4 Å². The number of hydrogen-bond donors (Lipinski definition) is 1. The molecule has 2 rings (SSSR count). The van der Waals surface area contributed by atoms with Crippen LogP contribution >= 0.6 is 28.3 Å². The maximum Gasteiger partial charge on any atom is 0.243 e. The molecule has 0 spiro atoms. The second kappa shape index (κ2) is 7.17. The first-order valence-electron chi connectivity index (χ1n) is 6.07. The highest BCUT2D eigenvalue weighted by molar-refractivity contribution is 9.10. The van der Waals surface area contributed by atoms with E-state index in [1.54, 1.807) is 7.05 Å². The van der Waals surface area contributed by atoms with Crippen LogP contribution in [0.4, 0.5) is 4.39 Å². The summed E-state index contributed by atoms with van der Waals surface area (Å²) in [7, 11) is -1.98. The van der Waals surface area contributed by atoms with Crippen molar-refractivity contribution in [2.24, 2.45) is 0 Å². The Hall–Kier alpha value is -0.210. The molecule has 4 nitrogen and oxygen atoms in total. The highest BCUT2D eigenvalue weighted by Crippen LogP contribution is 2.24. The number of hydrogen-bond acceptors (Lipinski definition) is 3. The summed E-state index contributed by atoms with van der Waals surface area (Å²) in [5.74, 6) is -0.469. The fourth-order valence-electron chi connectivity index (χ4n) is 2.17. The number of halogens is 3. The van der Waals surface area contributed by atoms with Crippen LogP contribution in [0.25, 0.3) is 0 Å². The molecule has 0 saturated carbocycles. The number of sulfonamides is 1. The van der Waals surface area contributed by atoms with E-state index in [4.69, 9.17) is 0 Å². The summed E-state index contributed by atoms with van der Waals surface area (Å²) in [6, 6.07) is 3.76. The van der Waals surface area contributed by atoms with Gasteiger partial charge in [-0.3, -0.25) is 0 Å². The van der Waals surface area contributed by atoms with E-state index in [0.717, 1.165) is 32.0 Å². The number of nitrogens with one attached hydrogen (secondary N) is 1. The van der Waals surface area contributed by atoms with Gasteiger partial charge in [0, 0.05) is 13.1 Å². The largest absolute Gasteiger partial charge is 0.317 e. The van der Waals surface area contributed by atoms with Crippen molar-refractivity contribution in [1.82, 2.24) is 9.62 Å². The molecule has 8 heteroatoms. The average Bonchev–Trinajstić information content (AvgIpc) is 2.41. The Labute approximate surface area is 133 Å². The van der Waals surface area contributed by atoms with Gasteiger partial charge >= 0.3 is 0 Å². The minimum atomic E-state index is -3.57. The van der Waals surface area contributed by atoms with Crippen LogP contribution in [0, 0.1) is 5.82 Å². The van der Waals surface area contributed by atoms with Crippen LogP contribution in [0.1, 0.15) is 12.8 Å². The molecule has 1 aromatic rings. The summed E-state index contributed by atoms with van der Waals surface area (Å²) >= 11 is 3.02. The fourth-order valence-corrected chi connectivity index (χ4v) is 4.14. The van der Waals surface area contributed by atoms with Crippen molar-refractivity contribution in [3.8, 4) is 0 Å². The third-order valence-electron chi connectivity index (χ3n) is 3.39. The Balaban J connectivity index is 0.00000200. The minimum Gasteiger partial charge on any atom is -0.317 e. The molecule has 1 aliphatic heterocycles. The van der Waals surface area contributed by atoms with Crippen LogP contribution in [0.15, 0.2) is 27.6 Å². The Morgan fingerprint density at radius 3 is 2.50 bits per heavy atom. The van der Waals surface area contributed by atoms with Gasteiger partial charge in [-0.1, -0.05) is 0 Å². The predicted octanol–water partition coefficient (Wildman–Crippen LogP) is 2.38. The summed E-state index contributed by atoms with van der Waals surface area (Å²) in [4.78, 5) is 0.113. The van der Waals surface area contributed by atoms with Gasteiger partial charge in [-0.2, -0.15) is 4.31 Å². The van der Waals surface area contributed by atoms with E-state index in [0.29, 0.717) is 0 Å². The maximum atomic E-state index is 13.2. The van der Waals surface area contributed by atoms with E-state index in [9.17, 15) is 12.8 Å². The molecule has 1 aliphatic rings. The second-order valence-corrected chi connectivity index (χ2v) is 7.43. The van der Waals surface area contributed by atoms with Crippen molar-refractivity contribution in [2.75, 3.05) is 20.1 Å². The van der Waals surface area contributed by atoms with Crippen LogP contribution in [0.5, 0.6) is 0 Å². The zero-order valence-corrected chi connectivity index (χ0v) is 14.2. The zero-order chi connectivity index (χ0) is 14.0. The molecular formula is C12H17BrClFN2O2S. The van der Waals surface area contributed by atoms with Gasteiger partial charge in [0.2, 0.25) is 10.0 Å². The Morgan fingerprint density at radius 2 is 1.95 bits per heavy atom. The van der Waals surface area contributed by atoms with Gasteiger partial charge in [0.1, 0.15) is 5.82 Å². The minimum absolute atomic E-state index is 0. The first-order valence-corrected chi connectivity index (χ1v) is 8.30. The molecule has 0 aliphatic carbocycles. The molecule has 1 fully saturated rings. The van der Waals surface area contributed by atoms with Crippen molar-refractivity contribution in [2.45, 2.75) is 23.8 Å². The van der Waals surface area contributed by atoms with E-state index < -0.39 is 15.8 Å². The smallest absolute Gasteiger partial charge is 0.243 e. The standard InChI is InChI=1S/C12H16BrFN2O2S.ClH/c1-16(9-4-6-15-7-5-9)19(17,18)10-2-3-12(14)11(13)8-10;/h2-3,8-9,15H,4-7H2,1H3;1H. The van der Waals surface area contributed by atoms with E-state index in [1.165, 1.54) is 16.4 Å². The molecule has 1 N–H and O–H groups in total. The van der Waals surface area contributed by atoms with Crippen molar-refractivity contribution >= 4 is 38.4 Å². The Bertz CT molecular complexity index is 565. The normalized spacial score (nSPS) is 17.0. The van der Waals surface area contributed by atoms with Crippen LogP contribution < -0.4 is 5.32 Å². The van der Waals surface area contributed by atoms with Crippen molar-refractivity contribution in [1.29, 1.82) is 0 Å². The van der Waals surface area contributed by atoms with Crippen molar-refractivity contribution < 1.29 is 12.8 Å². The summed E-state index contributed by atoms with van der Waals surface area (Å²) in [5, 5.41) is 3.20. The highest BCUT2D eigenvalue weighted by atomic mass is 79.9.